The van der Waals surface area contributed by atoms with E-state index < -0.39 is 11.2 Å². The van der Waals surface area contributed by atoms with Crippen molar-refractivity contribution in [3.8, 4) is 0 Å². The normalized spacial score (nSPS) is 18.1. The molecule has 0 spiro atoms. The smallest absolute Gasteiger partial charge is 0.369 e. The van der Waals surface area contributed by atoms with E-state index in [4.69, 9.17) is 5.73 Å². The number of nitrogens with zero attached hydrogens (tertiary/aromatic N) is 3. The number of primary amides is 1. The molecule has 1 fully saturated rings. The van der Waals surface area contributed by atoms with Gasteiger partial charge in [0, 0.05) is 19.1 Å². The summed E-state index contributed by atoms with van der Waals surface area (Å²) in [6.07, 6.45) is -3.02. The van der Waals surface area contributed by atoms with Crippen molar-refractivity contribution in [2.75, 3.05) is 25.0 Å². The molecule has 10 heteroatoms. The minimum Gasteiger partial charge on any atom is -0.369 e. The number of carbonyl (C=O) groups excluding carboxylic acids is 1. The zero-order chi connectivity index (χ0) is 14.8. The molecule has 1 saturated heterocycles. The highest BCUT2D eigenvalue weighted by molar-refractivity contribution is 7.15. The fourth-order valence-electron chi connectivity index (χ4n) is 2.03. The number of anilines is 1. The maximum atomic E-state index is 12.4. The Morgan fingerprint density at radius 3 is 2.55 bits per heavy atom. The van der Waals surface area contributed by atoms with Crippen LogP contribution < -0.4 is 11.1 Å². The quantitative estimate of drug-likeness (QED) is 0.864. The maximum absolute atomic E-state index is 12.4. The third-order valence-electron chi connectivity index (χ3n) is 2.96. The molecule has 0 aromatic carbocycles. The number of carbonyl (C=O) groups is 1. The van der Waals surface area contributed by atoms with Crippen molar-refractivity contribution in [1.29, 1.82) is 0 Å². The lowest BCUT2D eigenvalue weighted by atomic mass is 10.1. The number of halogens is 3. The first kappa shape index (κ1) is 15.0. The molecule has 0 bridgehead atoms. The highest BCUT2D eigenvalue weighted by Crippen LogP contribution is 2.33. The van der Waals surface area contributed by atoms with Gasteiger partial charge in [-0.25, -0.2) is 0 Å². The Kier molecular flexibility index (Phi) is 4.43. The van der Waals surface area contributed by atoms with Crippen molar-refractivity contribution in [3.05, 3.63) is 5.01 Å². The van der Waals surface area contributed by atoms with Crippen LogP contribution in [0.15, 0.2) is 0 Å². The third-order valence-corrected chi connectivity index (χ3v) is 3.86. The minimum atomic E-state index is -4.46. The van der Waals surface area contributed by atoms with Gasteiger partial charge < -0.3 is 11.1 Å². The van der Waals surface area contributed by atoms with Crippen LogP contribution in [-0.4, -0.2) is 46.7 Å². The van der Waals surface area contributed by atoms with E-state index in [-0.39, 0.29) is 23.6 Å². The molecule has 0 atom stereocenters. The van der Waals surface area contributed by atoms with Crippen molar-refractivity contribution in [2.24, 2.45) is 5.73 Å². The minimum absolute atomic E-state index is 0.0353. The number of likely N-dealkylation sites (tertiary alicyclic amines) is 1. The first-order valence-electron chi connectivity index (χ1n) is 6.02. The number of hydrogen-bond acceptors (Lipinski definition) is 6. The molecule has 112 valence electrons. The summed E-state index contributed by atoms with van der Waals surface area (Å²) in [5.74, 6) is -0.379. The molecule has 2 heterocycles. The SMILES string of the molecule is NC(=O)CN1CCC(Nc2nnc(C(F)(F)F)s2)CC1. The van der Waals surface area contributed by atoms with Crippen LogP contribution in [0.4, 0.5) is 18.3 Å². The van der Waals surface area contributed by atoms with Gasteiger partial charge in [-0.3, -0.25) is 9.69 Å². The molecule has 1 aromatic rings. The van der Waals surface area contributed by atoms with Gasteiger partial charge in [0.25, 0.3) is 0 Å². The monoisotopic (exact) mass is 309 g/mol. The summed E-state index contributed by atoms with van der Waals surface area (Å²) in [5.41, 5.74) is 5.11. The van der Waals surface area contributed by atoms with Gasteiger partial charge in [0.1, 0.15) is 0 Å². The van der Waals surface area contributed by atoms with E-state index in [1.165, 1.54) is 0 Å². The van der Waals surface area contributed by atoms with Gasteiger partial charge in [0.05, 0.1) is 6.54 Å². The first-order chi connectivity index (χ1) is 9.34. The molecule has 3 N–H and O–H groups in total. The van der Waals surface area contributed by atoms with Crippen LogP contribution >= 0.6 is 11.3 Å². The summed E-state index contributed by atoms with van der Waals surface area (Å²) in [6, 6.07) is 0.0353. The van der Waals surface area contributed by atoms with E-state index in [2.05, 4.69) is 15.5 Å². The van der Waals surface area contributed by atoms with Gasteiger partial charge >= 0.3 is 6.18 Å². The second kappa shape index (κ2) is 5.92. The standard InChI is InChI=1S/C10H14F3N5OS/c11-10(12,13)8-16-17-9(20-8)15-6-1-3-18(4-2-6)5-7(14)19/h6H,1-5H2,(H2,14,19)(H,15,17). The molecule has 1 aliphatic heterocycles. The Morgan fingerprint density at radius 2 is 2.05 bits per heavy atom. The van der Waals surface area contributed by atoms with Crippen molar-refractivity contribution in [2.45, 2.75) is 25.1 Å². The summed E-state index contributed by atoms with van der Waals surface area (Å²) in [7, 11) is 0. The Morgan fingerprint density at radius 1 is 1.40 bits per heavy atom. The van der Waals surface area contributed by atoms with Crippen molar-refractivity contribution < 1.29 is 18.0 Å². The highest BCUT2D eigenvalue weighted by Gasteiger charge is 2.36. The predicted octanol–water partition coefficient (Wildman–Crippen LogP) is 0.918. The number of hydrogen-bond donors (Lipinski definition) is 2. The third kappa shape index (κ3) is 4.04. The van der Waals surface area contributed by atoms with E-state index in [9.17, 15) is 18.0 Å². The van der Waals surface area contributed by atoms with E-state index in [1.54, 1.807) is 0 Å². The van der Waals surface area contributed by atoms with E-state index in [0.29, 0.717) is 37.3 Å². The molecule has 0 aliphatic carbocycles. The Hall–Kier alpha value is -1.42. The number of alkyl halides is 3. The number of aromatic nitrogens is 2. The van der Waals surface area contributed by atoms with Gasteiger partial charge in [-0.2, -0.15) is 13.2 Å². The largest absolute Gasteiger partial charge is 0.445 e. The van der Waals surface area contributed by atoms with Crippen molar-refractivity contribution in [1.82, 2.24) is 15.1 Å². The molecule has 20 heavy (non-hydrogen) atoms. The number of amides is 1. The van der Waals surface area contributed by atoms with Gasteiger partial charge in [-0.05, 0) is 12.8 Å². The van der Waals surface area contributed by atoms with Crippen molar-refractivity contribution in [3.63, 3.8) is 0 Å². The van der Waals surface area contributed by atoms with Gasteiger partial charge in [-0.1, -0.05) is 11.3 Å². The van der Waals surface area contributed by atoms with Crippen LogP contribution in [0.1, 0.15) is 17.8 Å². The van der Waals surface area contributed by atoms with Crippen LogP contribution in [0.25, 0.3) is 0 Å². The zero-order valence-corrected chi connectivity index (χ0v) is 11.3. The molecule has 0 unspecified atom stereocenters. The molecule has 0 radical (unpaired) electrons. The van der Waals surface area contributed by atoms with Crippen LogP contribution in [0.3, 0.4) is 0 Å². The Labute approximate surface area is 117 Å². The molecular formula is C10H14F3N5OS. The molecule has 1 aromatic heterocycles. The highest BCUT2D eigenvalue weighted by atomic mass is 32.1. The second-order valence-electron chi connectivity index (χ2n) is 4.57. The summed E-state index contributed by atoms with van der Waals surface area (Å²) in [4.78, 5) is 12.7. The lowest BCUT2D eigenvalue weighted by molar-refractivity contribution is -0.138. The summed E-state index contributed by atoms with van der Waals surface area (Å²) in [6.45, 7) is 1.56. The average molecular weight is 309 g/mol. The fourth-order valence-corrected chi connectivity index (χ4v) is 2.71. The van der Waals surface area contributed by atoms with Crippen LogP contribution in [0, 0.1) is 0 Å². The Bertz CT molecular complexity index is 470. The summed E-state index contributed by atoms with van der Waals surface area (Å²) >= 11 is 0.499. The molecule has 1 amide bonds. The van der Waals surface area contributed by atoms with Gasteiger partial charge in [0.15, 0.2) is 0 Å². The van der Waals surface area contributed by atoms with Gasteiger partial charge in [-0.15, -0.1) is 10.2 Å². The topological polar surface area (TPSA) is 84.1 Å². The fraction of sp³-hybridized carbons (Fsp3) is 0.700. The van der Waals surface area contributed by atoms with Crippen LogP contribution in [-0.2, 0) is 11.0 Å². The predicted molar refractivity (Wildman–Crippen MR) is 67.2 cm³/mol. The molecule has 6 nitrogen and oxygen atoms in total. The van der Waals surface area contributed by atoms with E-state index in [0.717, 1.165) is 0 Å². The Balaban J connectivity index is 1.84. The second-order valence-corrected chi connectivity index (χ2v) is 5.55. The molecule has 2 rings (SSSR count). The first-order valence-corrected chi connectivity index (χ1v) is 6.84. The van der Waals surface area contributed by atoms with Crippen LogP contribution in [0.2, 0.25) is 0 Å². The van der Waals surface area contributed by atoms with Crippen LogP contribution in [0.5, 0.6) is 0 Å². The van der Waals surface area contributed by atoms with E-state index >= 15 is 0 Å². The van der Waals surface area contributed by atoms with E-state index in [1.807, 2.05) is 4.90 Å². The number of nitrogens with one attached hydrogen (secondary N) is 1. The van der Waals surface area contributed by atoms with Gasteiger partial charge in [0.2, 0.25) is 16.0 Å². The number of nitrogens with two attached hydrogens (primary N) is 1. The lowest BCUT2D eigenvalue weighted by Crippen LogP contribution is -2.42. The summed E-state index contributed by atoms with van der Waals surface area (Å²) < 4.78 is 37.1. The number of rotatable bonds is 4. The molecule has 1 aliphatic rings. The summed E-state index contributed by atoms with van der Waals surface area (Å²) in [5, 5.41) is 8.78. The molecule has 0 saturated carbocycles. The maximum Gasteiger partial charge on any atom is 0.445 e. The van der Waals surface area contributed by atoms with Crippen molar-refractivity contribution >= 4 is 22.4 Å². The molecular weight excluding hydrogens is 295 g/mol. The lowest BCUT2D eigenvalue weighted by Gasteiger charge is -2.31. The average Bonchev–Trinajstić information content (AvgIpc) is 2.79. The number of piperidine rings is 1. The zero-order valence-electron chi connectivity index (χ0n) is 10.5.